The van der Waals surface area contributed by atoms with Gasteiger partial charge in [0.1, 0.15) is 5.69 Å². The molecule has 0 aromatic carbocycles. The van der Waals surface area contributed by atoms with E-state index in [1.165, 1.54) is 5.57 Å². The molecule has 0 amide bonds. The molecule has 21 heavy (non-hydrogen) atoms. The van der Waals surface area contributed by atoms with E-state index >= 15 is 0 Å². The Kier molecular flexibility index (Phi) is 5.02. The van der Waals surface area contributed by atoms with E-state index in [-0.39, 0.29) is 5.97 Å². The average molecular weight is 288 g/mol. The molecule has 0 unspecified atom stereocenters. The van der Waals surface area contributed by atoms with Gasteiger partial charge in [-0.1, -0.05) is 18.2 Å². The highest BCUT2D eigenvalue weighted by atomic mass is 16.5. The third-order valence-electron chi connectivity index (χ3n) is 3.89. The molecule has 1 aliphatic heterocycles. The zero-order chi connectivity index (χ0) is 15.4. The summed E-state index contributed by atoms with van der Waals surface area (Å²) in [6, 6.07) is 0. The van der Waals surface area contributed by atoms with E-state index in [9.17, 15) is 4.79 Å². The van der Waals surface area contributed by atoms with Crippen molar-refractivity contribution in [2.45, 2.75) is 27.2 Å². The fourth-order valence-electron chi connectivity index (χ4n) is 2.55. The molecule has 0 atom stereocenters. The molecule has 2 heterocycles. The van der Waals surface area contributed by atoms with Gasteiger partial charge in [-0.2, -0.15) is 0 Å². The highest BCUT2D eigenvalue weighted by molar-refractivity contribution is 5.91. The number of rotatable bonds is 4. The number of nitrogens with one attached hydrogen (secondary N) is 1. The third kappa shape index (κ3) is 3.64. The molecule has 0 saturated carbocycles. The smallest absolute Gasteiger partial charge is 0.355 e. The maximum atomic E-state index is 11.9. The van der Waals surface area contributed by atoms with E-state index < -0.39 is 0 Å². The number of H-pyrrole nitrogens is 1. The number of hydrogen-bond donors (Lipinski definition) is 1. The zero-order valence-corrected chi connectivity index (χ0v) is 13.3. The molecule has 1 aromatic heterocycles. The van der Waals surface area contributed by atoms with Gasteiger partial charge in [-0.15, -0.1) is 0 Å². The van der Waals surface area contributed by atoms with Crippen molar-refractivity contribution in [2.24, 2.45) is 0 Å². The molecule has 0 bridgehead atoms. The van der Waals surface area contributed by atoms with Gasteiger partial charge >= 0.3 is 5.97 Å². The van der Waals surface area contributed by atoms with E-state index in [2.05, 4.69) is 35.2 Å². The lowest BCUT2D eigenvalue weighted by molar-refractivity contribution is 0.0519. The predicted molar refractivity (Wildman–Crippen MR) is 85.5 cm³/mol. The summed E-state index contributed by atoms with van der Waals surface area (Å²) >= 11 is 0. The minimum absolute atomic E-state index is 0.281. The minimum Gasteiger partial charge on any atom is -0.461 e. The van der Waals surface area contributed by atoms with Crippen molar-refractivity contribution in [3.63, 3.8) is 0 Å². The molecule has 0 saturated heterocycles. The summed E-state index contributed by atoms with van der Waals surface area (Å²) in [7, 11) is 2.13. The number of carbonyl (C=O) groups is 1. The van der Waals surface area contributed by atoms with E-state index in [4.69, 9.17) is 4.74 Å². The molecule has 0 spiro atoms. The molecule has 1 N–H and O–H groups in total. The van der Waals surface area contributed by atoms with Gasteiger partial charge in [0.25, 0.3) is 0 Å². The van der Waals surface area contributed by atoms with E-state index in [0.29, 0.717) is 12.3 Å². The minimum atomic E-state index is -0.281. The van der Waals surface area contributed by atoms with Gasteiger partial charge in [-0.3, -0.25) is 0 Å². The number of ether oxygens (including phenoxy) is 1. The summed E-state index contributed by atoms with van der Waals surface area (Å²) in [4.78, 5) is 17.3. The fourth-order valence-corrected chi connectivity index (χ4v) is 2.55. The lowest BCUT2D eigenvalue weighted by Gasteiger charge is -2.20. The number of hydrogen-bond acceptors (Lipinski definition) is 3. The quantitative estimate of drug-likeness (QED) is 0.866. The van der Waals surface area contributed by atoms with Gasteiger partial charge in [0.05, 0.1) is 6.61 Å². The second-order valence-electron chi connectivity index (χ2n) is 5.51. The standard InChI is InChI=1S/C17H24N2O2/c1-5-21-17(20)16-12(2)15(13(3)18-16)7-6-14-8-10-19(4)11-9-14/h6-8,18H,5,9-11H2,1-4H3. The number of likely N-dealkylation sites (N-methyl/N-ethyl adjacent to an activating group) is 1. The van der Waals surface area contributed by atoms with Crippen LogP contribution in [0, 0.1) is 13.8 Å². The van der Waals surface area contributed by atoms with Crippen molar-refractivity contribution < 1.29 is 9.53 Å². The number of carbonyl (C=O) groups excluding carboxylic acids is 1. The van der Waals surface area contributed by atoms with Gasteiger partial charge in [-0.25, -0.2) is 4.79 Å². The highest BCUT2D eigenvalue weighted by Crippen LogP contribution is 2.22. The summed E-state index contributed by atoms with van der Waals surface area (Å²) in [6.07, 6.45) is 7.58. The van der Waals surface area contributed by atoms with Gasteiger partial charge in [0, 0.05) is 18.8 Å². The molecule has 0 radical (unpaired) electrons. The molecule has 2 rings (SSSR count). The first-order valence-electron chi connectivity index (χ1n) is 7.44. The lowest BCUT2D eigenvalue weighted by Crippen LogP contribution is -2.23. The summed E-state index contributed by atoms with van der Waals surface area (Å²) in [5.74, 6) is -0.281. The van der Waals surface area contributed by atoms with Crippen molar-refractivity contribution >= 4 is 12.0 Å². The molecule has 1 aromatic rings. The van der Waals surface area contributed by atoms with E-state index in [0.717, 1.165) is 36.3 Å². The average Bonchev–Trinajstić information content (AvgIpc) is 2.74. The Bertz CT molecular complexity index is 582. The molecule has 114 valence electrons. The van der Waals surface area contributed by atoms with Crippen LogP contribution in [-0.4, -0.2) is 42.6 Å². The second-order valence-corrected chi connectivity index (χ2v) is 5.51. The molecular weight excluding hydrogens is 264 g/mol. The first-order chi connectivity index (χ1) is 10.0. The summed E-state index contributed by atoms with van der Waals surface area (Å²) in [5, 5.41) is 0. The number of aromatic amines is 1. The summed E-state index contributed by atoms with van der Waals surface area (Å²) in [6.45, 7) is 8.24. The molecule has 4 nitrogen and oxygen atoms in total. The van der Waals surface area contributed by atoms with Gasteiger partial charge < -0.3 is 14.6 Å². The SMILES string of the molecule is CCOC(=O)c1[nH]c(C)c(C=CC2=CCN(C)CC2)c1C. The van der Waals surface area contributed by atoms with E-state index in [1.54, 1.807) is 0 Å². The monoisotopic (exact) mass is 288 g/mol. The normalized spacial score (nSPS) is 16.3. The van der Waals surface area contributed by atoms with Crippen LogP contribution < -0.4 is 0 Å². The molecule has 4 heteroatoms. The Labute approximate surface area is 126 Å². The Morgan fingerprint density at radius 3 is 2.81 bits per heavy atom. The Balaban J connectivity index is 2.19. The van der Waals surface area contributed by atoms with Gasteiger partial charge in [-0.05, 0) is 50.9 Å². The van der Waals surface area contributed by atoms with Gasteiger partial charge in [0.15, 0.2) is 0 Å². The molecular formula is C17H24N2O2. The van der Waals surface area contributed by atoms with Crippen LogP contribution in [0.5, 0.6) is 0 Å². The lowest BCUT2D eigenvalue weighted by atomic mass is 10.0. The van der Waals surface area contributed by atoms with Crippen LogP contribution in [0.3, 0.4) is 0 Å². The number of nitrogens with zero attached hydrogens (tertiary/aromatic N) is 1. The summed E-state index contributed by atoms with van der Waals surface area (Å²) < 4.78 is 5.07. The molecule has 0 fully saturated rings. The maximum absolute atomic E-state index is 11.9. The van der Waals surface area contributed by atoms with Crippen LogP contribution in [0.15, 0.2) is 17.7 Å². The van der Waals surface area contributed by atoms with Crippen LogP contribution in [-0.2, 0) is 4.74 Å². The number of esters is 1. The Morgan fingerprint density at radius 1 is 1.43 bits per heavy atom. The van der Waals surface area contributed by atoms with Crippen LogP contribution in [0.4, 0.5) is 0 Å². The van der Waals surface area contributed by atoms with Crippen LogP contribution in [0.2, 0.25) is 0 Å². The van der Waals surface area contributed by atoms with Crippen LogP contribution in [0.25, 0.3) is 6.08 Å². The van der Waals surface area contributed by atoms with Gasteiger partial charge in [0.2, 0.25) is 0 Å². The predicted octanol–water partition coefficient (Wildman–Crippen LogP) is 3.08. The number of aromatic nitrogens is 1. The highest BCUT2D eigenvalue weighted by Gasteiger charge is 2.16. The van der Waals surface area contributed by atoms with E-state index in [1.807, 2.05) is 20.8 Å². The number of allylic oxidation sites excluding steroid dienone is 1. The van der Waals surface area contributed by atoms with Crippen molar-refractivity contribution in [1.82, 2.24) is 9.88 Å². The molecule has 1 aliphatic rings. The third-order valence-corrected chi connectivity index (χ3v) is 3.89. The fraction of sp³-hybridized carbons (Fsp3) is 0.471. The summed E-state index contributed by atoms with van der Waals surface area (Å²) in [5.41, 5.74) is 4.95. The van der Waals surface area contributed by atoms with Crippen molar-refractivity contribution in [3.05, 3.63) is 40.2 Å². The van der Waals surface area contributed by atoms with Crippen molar-refractivity contribution in [1.29, 1.82) is 0 Å². The van der Waals surface area contributed by atoms with Crippen LogP contribution in [0.1, 0.15) is 40.7 Å². The molecule has 0 aliphatic carbocycles. The topological polar surface area (TPSA) is 45.3 Å². The maximum Gasteiger partial charge on any atom is 0.355 e. The largest absolute Gasteiger partial charge is 0.461 e. The first-order valence-corrected chi connectivity index (χ1v) is 7.44. The number of aryl methyl sites for hydroxylation is 1. The first kappa shape index (κ1) is 15.6. The van der Waals surface area contributed by atoms with Crippen molar-refractivity contribution in [3.8, 4) is 0 Å². The zero-order valence-electron chi connectivity index (χ0n) is 13.3. The van der Waals surface area contributed by atoms with Crippen LogP contribution >= 0.6 is 0 Å². The Hall–Kier alpha value is -1.81. The second kappa shape index (κ2) is 6.76. The van der Waals surface area contributed by atoms with Crippen molar-refractivity contribution in [2.75, 3.05) is 26.7 Å². The Morgan fingerprint density at radius 2 is 2.19 bits per heavy atom.